The molecular weight excluding hydrogens is 408 g/mol. The van der Waals surface area contributed by atoms with Crippen LogP contribution in [0.25, 0.3) is 0 Å². The first-order chi connectivity index (χ1) is 11.2. The first-order valence-electron chi connectivity index (χ1n) is 6.46. The van der Waals surface area contributed by atoms with Gasteiger partial charge in [-0.25, -0.2) is 9.59 Å². The van der Waals surface area contributed by atoms with Gasteiger partial charge in [0.15, 0.2) is 0 Å². The number of aliphatic carboxylic acids is 2. The average Bonchev–Trinajstić information content (AvgIpc) is 2.47. The van der Waals surface area contributed by atoms with Gasteiger partial charge in [-0.05, 0) is 27.7 Å². The second-order valence-corrected chi connectivity index (χ2v) is 4.68. The SMILES string of the molecule is CC(O)C(=O)OSOC(=O)C(C)O.CC(O)C(=O)[O-].CC(O)C(=O)[O-].[Ca+2]. The zero-order chi connectivity index (χ0) is 20.7. The molecule has 26 heavy (non-hydrogen) atoms. The minimum absolute atomic E-state index is 0. The third-order valence-electron chi connectivity index (χ3n) is 1.60. The molecule has 4 N–H and O–H groups in total. The van der Waals surface area contributed by atoms with E-state index in [0.29, 0.717) is 0 Å². The second kappa shape index (κ2) is 19.1. The predicted octanol–water partition coefficient (Wildman–Crippen LogP) is -4.75. The van der Waals surface area contributed by atoms with Crippen molar-refractivity contribution in [1.82, 2.24) is 0 Å². The normalized spacial score (nSPS) is 13.5. The Kier molecular flexibility index (Phi) is 24.2. The summed E-state index contributed by atoms with van der Waals surface area (Å²) in [5.74, 6) is -4.73. The van der Waals surface area contributed by atoms with Crippen LogP contribution in [0.3, 0.4) is 0 Å². The molecule has 0 aromatic rings. The smallest absolute Gasteiger partial charge is 0.547 e. The number of carbonyl (C=O) groups excluding carboxylic acids is 4. The topological polar surface area (TPSA) is 214 Å². The molecule has 0 fully saturated rings. The summed E-state index contributed by atoms with van der Waals surface area (Å²) in [6.07, 6.45) is -5.24. The minimum Gasteiger partial charge on any atom is -0.547 e. The quantitative estimate of drug-likeness (QED) is 0.231. The predicted molar refractivity (Wildman–Crippen MR) is 82.3 cm³/mol. The van der Waals surface area contributed by atoms with E-state index in [-0.39, 0.29) is 50.1 Å². The van der Waals surface area contributed by atoms with Gasteiger partial charge in [0.25, 0.3) is 12.3 Å². The molecule has 0 bridgehead atoms. The van der Waals surface area contributed by atoms with E-state index in [1.165, 1.54) is 13.8 Å². The number of hydrogen-bond donors (Lipinski definition) is 4. The molecule has 0 aromatic carbocycles. The molecule has 0 saturated heterocycles. The van der Waals surface area contributed by atoms with Crippen LogP contribution in [0.4, 0.5) is 0 Å². The summed E-state index contributed by atoms with van der Waals surface area (Å²) < 4.78 is 8.40. The minimum atomic E-state index is -1.44. The zero-order valence-corrected chi connectivity index (χ0v) is 17.5. The standard InChI is InChI=1S/C6H10O6S.2C3H6O3.Ca/c1-3(7)5(9)11-13-12-6(10)4(2)8;2*1-2(4)3(5)6;/h3-4,7-8H,1-2H3;2*2,4H,1H3,(H,5,6);/q;;;+2/p-2. The second-order valence-electron chi connectivity index (χ2n) is 4.21. The van der Waals surface area contributed by atoms with Crippen LogP contribution in [0.2, 0.25) is 0 Å². The van der Waals surface area contributed by atoms with Gasteiger partial charge in [-0.1, -0.05) is 0 Å². The monoisotopic (exact) mass is 428 g/mol. The molecule has 0 radical (unpaired) electrons. The first-order valence-corrected chi connectivity index (χ1v) is 7.13. The van der Waals surface area contributed by atoms with Crippen LogP contribution >= 0.6 is 12.3 Å². The van der Waals surface area contributed by atoms with Crippen LogP contribution in [0.5, 0.6) is 0 Å². The molecule has 12 nitrogen and oxygen atoms in total. The Hall–Kier alpha value is -0.670. The Balaban J connectivity index is -0.000000157. The molecule has 0 aliphatic heterocycles. The van der Waals surface area contributed by atoms with Crippen LogP contribution in [-0.4, -0.2) is 106 Å². The molecule has 0 saturated carbocycles. The van der Waals surface area contributed by atoms with E-state index in [9.17, 15) is 29.4 Å². The van der Waals surface area contributed by atoms with E-state index in [0.717, 1.165) is 13.8 Å². The van der Waals surface area contributed by atoms with Gasteiger partial charge >= 0.3 is 49.7 Å². The summed E-state index contributed by atoms with van der Waals surface area (Å²) in [6.45, 7) is 4.68. The van der Waals surface area contributed by atoms with Gasteiger partial charge < -0.3 is 48.6 Å². The van der Waals surface area contributed by atoms with Crippen LogP contribution in [-0.2, 0) is 27.5 Å². The summed E-state index contributed by atoms with van der Waals surface area (Å²) in [5, 5.41) is 51.8. The number of carboxylic acids is 2. The fraction of sp³-hybridized carbons (Fsp3) is 0.667. The Bertz CT molecular complexity index is 386. The molecule has 0 aromatic heterocycles. The maximum Gasteiger partial charge on any atom is 2.00 e. The van der Waals surface area contributed by atoms with E-state index >= 15 is 0 Å². The molecular formula is C12H20CaO12S. The third-order valence-corrected chi connectivity index (χ3v) is 2.06. The van der Waals surface area contributed by atoms with Crippen molar-refractivity contribution in [3.63, 3.8) is 0 Å². The van der Waals surface area contributed by atoms with Crippen LogP contribution in [0.1, 0.15) is 27.7 Å². The van der Waals surface area contributed by atoms with Gasteiger partial charge in [0.1, 0.15) is 12.2 Å². The summed E-state index contributed by atoms with van der Waals surface area (Å²) in [5.41, 5.74) is 0. The van der Waals surface area contributed by atoms with Crippen LogP contribution in [0, 0.1) is 0 Å². The van der Waals surface area contributed by atoms with Crippen molar-refractivity contribution in [2.45, 2.75) is 52.1 Å². The Morgan fingerprint density at radius 2 is 0.885 bits per heavy atom. The Labute approximate surface area is 183 Å². The third kappa shape index (κ3) is 25.6. The molecule has 148 valence electrons. The number of carboxylic acid groups (broad SMARTS) is 2. The summed E-state index contributed by atoms with van der Waals surface area (Å²) in [6, 6.07) is 0. The molecule has 0 rings (SSSR count). The fourth-order valence-corrected chi connectivity index (χ4v) is 0.670. The van der Waals surface area contributed by atoms with Crippen molar-refractivity contribution in [2.75, 3.05) is 0 Å². The molecule has 4 atom stereocenters. The molecule has 0 aliphatic rings. The maximum atomic E-state index is 10.5. The van der Waals surface area contributed by atoms with Gasteiger partial charge in [-0.15, -0.1) is 0 Å². The average molecular weight is 428 g/mol. The van der Waals surface area contributed by atoms with Crippen molar-refractivity contribution in [2.24, 2.45) is 0 Å². The van der Waals surface area contributed by atoms with Crippen molar-refractivity contribution in [3.05, 3.63) is 0 Å². The Morgan fingerprint density at radius 1 is 0.692 bits per heavy atom. The summed E-state index contributed by atoms with van der Waals surface area (Å²) >= 11 is 0.107. The van der Waals surface area contributed by atoms with E-state index in [1.807, 2.05) is 0 Å². The zero-order valence-electron chi connectivity index (χ0n) is 14.5. The first kappa shape index (κ1) is 33.0. The van der Waals surface area contributed by atoms with Crippen LogP contribution < -0.4 is 10.2 Å². The molecule has 0 aliphatic carbocycles. The van der Waals surface area contributed by atoms with Gasteiger partial charge in [-0.2, -0.15) is 0 Å². The van der Waals surface area contributed by atoms with Gasteiger partial charge in [0.2, 0.25) is 0 Å². The van der Waals surface area contributed by atoms with Crippen molar-refractivity contribution >= 4 is 73.9 Å². The van der Waals surface area contributed by atoms with E-state index in [1.54, 1.807) is 0 Å². The largest absolute Gasteiger partial charge is 2.00 e. The number of aliphatic hydroxyl groups excluding tert-OH is 4. The van der Waals surface area contributed by atoms with E-state index in [4.69, 9.17) is 20.4 Å². The summed E-state index contributed by atoms with van der Waals surface area (Å²) in [4.78, 5) is 39.8. The van der Waals surface area contributed by atoms with Crippen molar-refractivity contribution in [3.8, 4) is 0 Å². The van der Waals surface area contributed by atoms with Crippen molar-refractivity contribution in [1.29, 1.82) is 0 Å². The number of hydrogen-bond acceptors (Lipinski definition) is 13. The van der Waals surface area contributed by atoms with Gasteiger partial charge in [-0.3, -0.25) is 0 Å². The molecule has 14 heteroatoms. The van der Waals surface area contributed by atoms with E-state index in [2.05, 4.69) is 8.37 Å². The van der Waals surface area contributed by atoms with Gasteiger partial charge in [0, 0.05) is 0 Å². The molecule has 0 amide bonds. The van der Waals surface area contributed by atoms with Crippen LogP contribution in [0.15, 0.2) is 0 Å². The maximum absolute atomic E-state index is 10.5. The Morgan fingerprint density at radius 3 is 1.00 bits per heavy atom. The number of rotatable bonds is 6. The molecule has 4 unspecified atom stereocenters. The number of carbonyl (C=O) groups is 4. The molecule has 0 spiro atoms. The summed E-state index contributed by atoms with van der Waals surface area (Å²) in [7, 11) is 0. The number of aliphatic hydroxyl groups is 4. The van der Waals surface area contributed by atoms with Crippen molar-refractivity contribution < 1.29 is 58.2 Å². The fourth-order valence-electron chi connectivity index (χ4n) is 0.223. The van der Waals surface area contributed by atoms with E-state index < -0.39 is 48.3 Å². The van der Waals surface area contributed by atoms with Gasteiger partial charge in [0.05, 0.1) is 24.1 Å². The molecule has 0 heterocycles.